The van der Waals surface area contributed by atoms with Crippen molar-refractivity contribution in [3.63, 3.8) is 0 Å². The number of nitrogens with zero attached hydrogens (tertiary/aromatic N) is 1. The number of thiophene rings is 1. The first kappa shape index (κ1) is 32.8. The number of para-hydroxylation sites is 2. The summed E-state index contributed by atoms with van der Waals surface area (Å²) in [6.45, 7) is 9.56. The minimum absolute atomic E-state index is 0.0316. The van der Waals surface area contributed by atoms with Crippen LogP contribution >= 0.6 is 11.3 Å². The first-order chi connectivity index (χ1) is 27.8. The van der Waals surface area contributed by atoms with Gasteiger partial charge in [-0.3, -0.25) is 0 Å². The number of anilines is 3. The van der Waals surface area contributed by atoms with Gasteiger partial charge in [0.15, 0.2) is 5.58 Å². The van der Waals surface area contributed by atoms with E-state index in [1.165, 1.54) is 75.8 Å². The van der Waals surface area contributed by atoms with E-state index in [1.807, 2.05) is 17.4 Å². The van der Waals surface area contributed by atoms with E-state index in [0.717, 1.165) is 39.0 Å². The van der Waals surface area contributed by atoms with E-state index >= 15 is 0 Å². The quantitative estimate of drug-likeness (QED) is 0.178. The minimum atomic E-state index is -0.141. The number of furan rings is 1. The number of hydrogen-bond acceptors (Lipinski definition) is 3. The van der Waals surface area contributed by atoms with Gasteiger partial charge in [-0.1, -0.05) is 143 Å². The Labute approximate surface area is 336 Å². The van der Waals surface area contributed by atoms with E-state index in [1.54, 1.807) is 0 Å². The molecule has 0 unspecified atom stereocenters. The van der Waals surface area contributed by atoms with Crippen molar-refractivity contribution in [1.82, 2.24) is 0 Å². The smallest absolute Gasteiger partial charge is 0.159 e. The maximum absolute atomic E-state index is 6.72. The minimum Gasteiger partial charge on any atom is -0.454 e. The van der Waals surface area contributed by atoms with Crippen molar-refractivity contribution in [2.45, 2.75) is 38.5 Å². The van der Waals surface area contributed by atoms with E-state index in [2.05, 4.69) is 190 Å². The molecule has 272 valence electrons. The molecule has 0 fully saturated rings. The number of fused-ring (bicyclic) bond motifs is 12. The number of rotatable bonds is 4. The lowest BCUT2D eigenvalue weighted by molar-refractivity contribution is 0.639. The maximum atomic E-state index is 6.72. The largest absolute Gasteiger partial charge is 0.454 e. The van der Waals surface area contributed by atoms with Gasteiger partial charge in [-0.15, -0.1) is 11.3 Å². The van der Waals surface area contributed by atoms with Crippen molar-refractivity contribution >= 4 is 70.5 Å². The fourth-order valence-corrected chi connectivity index (χ4v) is 11.4. The molecule has 0 N–H and O–H groups in total. The van der Waals surface area contributed by atoms with Gasteiger partial charge in [-0.25, -0.2) is 0 Å². The zero-order chi connectivity index (χ0) is 38.2. The standard InChI is InChI=1S/C54H39NOS/c1-53(2)43-21-8-5-16-35(43)41-30-42-36-27-26-33(29-44(36)54(3,4)46(42)31-45(41)53)32-14-11-15-34(28-32)55(47-22-12-19-39-37-17-6-9-24-49(37)56-51(39)47)48-23-13-20-40-38-18-7-10-25-50(38)57-52(40)48/h5-31H,1-4H3. The van der Waals surface area contributed by atoms with E-state index < -0.39 is 0 Å². The molecule has 12 rings (SSSR count). The molecule has 0 aliphatic heterocycles. The molecule has 8 aromatic carbocycles. The molecule has 0 amide bonds. The van der Waals surface area contributed by atoms with Crippen LogP contribution in [0.2, 0.25) is 0 Å². The lowest BCUT2D eigenvalue weighted by Gasteiger charge is -2.27. The van der Waals surface area contributed by atoms with Gasteiger partial charge in [0.05, 0.1) is 16.1 Å². The molecular formula is C54H39NOS. The number of benzene rings is 8. The summed E-state index contributed by atoms with van der Waals surface area (Å²) >= 11 is 1.86. The Bertz CT molecular complexity index is 3210. The van der Waals surface area contributed by atoms with Crippen LogP contribution in [0.1, 0.15) is 49.9 Å². The van der Waals surface area contributed by atoms with Crippen LogP contribution in [0.4, 0.5) is 17.1 Å². The molecule has 3 heteroatoms. The van der Waals surface area contributed by atoms with Crippen LogP contribution in [0.15, 0.2) is 168 Å². The highest BCUT2D eigenvalue weighted by molar-refractivity contribution is 7.26. The molecule has 2 nitrogen and oxygen atoms in total. The topological polar surface area (TPSA) is 16.4 Å². The molecular weight excluding hydrogens is 711 g/mol. The molecule has 0 atom stereocenters. The zero-order valence-electron chi connectivity index (χ0n) is 32.4. The summed E-state index contributed by atoms with van der Waals surface area (Å²) in [6.07, 6.45) is 0. The first-order valence-corrected chi connectivity index (χ1v) is 20.7. The Morgan fingerprint density at radius 1 is 0.439 bits per heavy atom. The summed E-state index contributed by atoms with van der Waals surface area (Å²) in [5, 5.41) is 4.80. The second-order valence-electron chi connectivity index (χ2n) is 16.9. The summed E-state index contributed by atoms with van der Waals surface area (Å²) in [4.78, 5) is 2.42. The van der Waals surface area contributed by atoms with Gasteiger partial charge in [0.1, 0.15) is 5.58 Å². The highest BCUT2D eigenvalue weighted by atomic mass is 32.1. The maximum Gasteiger partial charge on any atom is 0.159 e. The first-order valence-electron chi connectivity index (χ1n) is 19.9. The molecule has 2 heterocycles. The van der Waals surface area contributed by atoms with Crippen molar-refractivity contribution in [2.24, 2.45) is 0 Å². The lowest BCUT2D eigenvalue weighted by atomic mass is 9.77. The second kappa shape index (κ2) is 11.6. The van der Waals surface area contributed by atoms with Gasteiger partial charge in [-0.05, 0) is 104 Å². The summed E-state index contributed by atoms with van der Waals surface area (Å²) in [5.41, 5.74) is 18.4. The van der Waals surface area contributed by atoms with Gasteiger partial charge in [-0.2, -0.15) is 0 Å². The van der Waals surface area contributed by atoms with Crippen molar-refractivity contribution in [2.75, 3.05) is 4.90 Å². The molecule has 0 saturated carbocycles. The van der Waals surface area contributed by atoms with Crippen LogP contribution in [0, 0.1) is 0 Å². The number of hydrogen-bond donors (Lipinski definition) is 0. The molecule has 0 saturated heterocycles. The Morgan fingerprint density at radius 2 is 1.07 bits per heavy atom. The van der Waals surface area contributed by atoms with Crippen LogP contribution in [0.25, 0.3) is 75.5 Å². The normalized spacial score (nSPS) is 14.6. The third kappa shape index (κ3) is 4.52. The molecule has 2 aliphatic rings. The highest BCUT2D eigenvalue weighted by Crippen LogP contribution is 2.56. The Balaban J connectivity index is 1.03. The average molecular weight is 750 g/mol. The molecule has 0 bridgehead atoms. The zero-order valence-corrected chi connectivity index (χ0v) is 33.2. The second-order valence-corrected chi connectivity index (χ2v) is 17.9. The predicted molar refractivity (Wildman–Crippen MR) is 242 cm³/mol. The average Bonchev–Trinajstić information content (AvgIpc) is 3.94. The van der Waals surface area contributed by atoms with Gasteiger partial charge >= 0.3 is 0 Å². The fraction of sp³-hybridized carbons (Fsp3) is 0.111. The van der Waals surface area contributed by atoms with E-state index in [-0.39, 0.29) is 10.8 Å². The summed E-state index contributed by atoms with van der Waals surface area (Å²) in [5.74, 6) is 0. The molecule has 0 spiro atoms. The molecule has 10 aromatic rings. The Hall–Kier alpha value is -6.42. The summed E-state index contributed by atoms with van der Waals surface area (Å²) in [7, 11) is 0. The van der Waals surface area contributed by atoms with E-state index in [0.29, 0.717) is 0 Å². The van der Waals surface area contributed by atoms with Gasteiger partial charge in [0.2, 0.25) is 0 Å². The van der Waals surface area contributed by atoms with Crippen LogP contribution in [0.3, 0.4) is 0 Å². The van der Waals surface area contributed by atoms with E-state index in [4.69, 9.17) is 4.42 Å². The third-order valence-corrected chi connectivity index (χ3v) is 14.3. The monoisotopic (exact) mass is 749 g/mol. The van der Waals surface area contributed by atoms with Crippen LogP contribution < -0.4 is 4.90 Å². The van der Waals surface area contributed by atoms with Crippen molar-refractivity contribution in [3.8, 4) is 33.4 Å². The van der Waals surface area contributed by atoms with E-state index in [9.17, 15) is 0 Å². The Kier molecular flexibility index (Phi) is 6.65. The summed E-state index contributed by atoms with van der Waals surface area (Å²) in [6, 6.07) is 60.6. The predicted octanol–water partition coefficient (Wildman–Crippen LogP) is 15.7. The molecule has 57 heavy (non-hydrogen) atoms. The summed E-state index contributed by atoms with van der Waals surface area (Å²) < 4.78 is 9.26. The SMILES string of the molecule is CC1(C)c2ccccc2-c2cc3c(cc21)C(C)(C)c1cc(-c2cccc(N(c4cccc5c4oc4ccccc45)c4cccc5c4sc4ccccc45)c2)ccc1-3. The molecule has 2 aromatic heterocycles. The highest BCUT2D eigenvalue weighted by Gasteiger charge is 2.41. The van der Waals surface area contributed by atoms with Crippen molar-refractivity contribution in [3.05, 3.63) is 186 Å². The van der Waals surface area contributed by atoms with Crippen LogP contribution in [-0.2, 0) is 10.8 Å². The lowest BCUT2D eigenvalue weighted by Crippen LogP contribution is -2.18. The van der Waals surface area contributed by atoms with Gasteiger partial charge < -0.3 is 9.32 Å². The van der Waals surface area contributed by atoms with Crippen LogP contribution in [0.5, 0.6) is 0 Å². The van der Waals surface area contributed by atoms with Crippen molar-refractivity contribution in [1.29, 1.82) is 0 Å². The fourth-order valence-electron chi connectivity index (χ4n) is 10.2. The molecule has 2 aliphatic carbocycles. The van der Waals surface area contributed by atoms with Crippen molar-refractivity contribution < 1.29 is 4.42 Å². The molecule has 0 radical (unpaired) electrons. The Morgan fingerprint density at radius 3 is 1.93 bits per heavy atom. The third-order valence-electron chi connectivity index (χ3n) is 13.1. The van der Waals surface area contributed by atoms with Crippen LogP contribution in [-0.4, -0.2) is 0 Å². The van der Waals surface area contributed by atoms with Gasteiger partial charge in [0.25, 0.3) is 0 Å². The van der Waals surface area contributed by atoms with Gasteiger partial charge in [0, 0.05) is 42.8 Å².